The van der Waals surface area contributed by atoms with Gasteiger partial charge in [-0.2, -0.15) is 0 Å². The molecule has 1 fully saturated rings. The van der Waals surface area contributed by atoms with E-state index in [1.807, 2.05) is 12.5 Å². The molecule has 1 aromatic heterocycles. The van der Waals surface area contributed by atoms with Crippen LogP contribution in [0.4, 0.5) is 0 Å². The van der Waals surface area contributed by atoms with Gasteiger partial charge in [-0.05, 0) is 43.8 Å². The highest BCUT2D eigenvalue weighted by atomic mass is 15.0. The van der Waals surface area contributed by atoms with Crippen LogP contribution in [0, 0.1) is 5.92 Å². The first-order valence-corrected chi connectivity index (χ1v) is 7.20. The van der Waals surface area contributed by atoms with Crippen molar-refractivity contribution in [3.63, 3.8) is 0 Å². The van der Waals surface area contributed by atoms with E-state index >= 15 is 0 Å². The van der Waals surface area contributed by atoms with Gasteiger partial charge in [-0.25, -0.2) is 4.98 Å². The number of hydrogen-bond acceptors (Lipinski definition) is 2. The summed E-state index contributed by atoms with van der Waals surface area (Å²) in [7, 11) is 0. The number of hydrogen-bond donors (Lipinski definition) is 1. The van der Waals surface area contributed by atoms with Crippen LogP contribution in [-0.4, -0.2) is 22.6 Å². The molecular formula is C16H21N3. The third kappa shape index (κ3) is 3.04. The van der Waals surface area contributed by atoms with E-state index in [0.29, 0.717) is 0 Å². The summed E-state index contributed by atoms with van der Waals surface area (Å²) in [6.45, 7) is 3.44. The Hall–Kier alpha value is -1.61. The normalized spacial score (nSPS) is 16.6. The molecule has 0 atom stereocenters. The van der Waals surface area contributed by atoms with Gasteiger partial charge in [-0.15, -0.1) is 0 Å². The first-order valence-electron chi connectivity index (χ1n) is 7.20. The van der Waals surface area contributed by atoms with Crippen molar-refractivity contribution < 1.29 is 0 Å². The van der Waals surface area contributed by atoms with Crippen LogP contribution in [0.5, 0.6) is 0 Å². The summed E-state index contributed by atoms with van der Waals surface area (Å²) in [5, 5.41) is 3.43. The quantitative estimate of drug-likeness (QED) is 0.910. The number of imidazole rings is 1. The highest BCUT2D eigenvalue weighted by Gasteiger charge is 2.13. The maximum Gasteiger partial charge on any atom is 0.0950 e. The molecule has 3 heteroatoms. The van der Waals surface area contributed by atoms with Crippen molar-refractivity contribution in [2.75, 3.05) is 13.1 Å². The summed E-state index contributed by atoms with van der Waals surface area (Å²) in [4.78, 5) is 4.31. The highest BCUT2D eigenvalue weighted by Crippen LogP contribution is 2.21. The number of nitrogens with zero attached hydrogens (tertiary/aromatic N) is 2. The molecule has 0 spiro atoms. The molecule has 1 saturated heterocycles. The van der Waals surface area contributed by atoms with Gasteiger partial charge >= 0.3 is 0 Å². The van der Waals surface area contributed by atoms with E-state index in [9.17, 15) is 0 Å². The lowest BCUT2D eigenvalue weighted by Gasteiger charge is -2.22. The minimum absolute atomic E-state index is 0.868. The van der Waals surface area contributed by atoms with E-state index in [1.54, 1.807) is 0 Å². The van der Waals surface area contributed by atoms with E-state index in [0.717, 1.165) is 12.5 Å². The standard InChI is InChI=1S/C16H21N3/c1-2-4-15(5-3-1)16-12-18-13-19(16)11-8-14-6-9-17-10-7-14/h1-5,12-14,17H,6-11H2. The molecule has 0 bridgehead atoms. The fourth-order valence-corrected chi connectivity index (χ4v) is 2.84. The third-order valence-corrected chi connectivity index (χ3v) is 4.02. The van der Waals surface area contributed by atoms with Crippen LogP contribution in [0.3, 0.4) is 0 Å². The number of aromatic nitrogens is 2. The van der Waals surface area contributed by atoms with Crippen molar-refractivity contribution in [1.82, 2.24) is 14.9 Å². The Morgan fingerprint density at radius 1 is 1.16 bits per heavy atom. The average molecular weight is 255 g/mol. The van der Waals surface area contributed by atoms with Crippen molar-refractivity contribution in [2.24, 2.45) is 5.92 Å². The van der Waals surface area contributed by atoms with Crippen molar-refractivity contribution in [1.29, 1.82) is 0 Å². The van der Waals surface area contributed by atoms with E-state index in [4.69, 9.17) is 0 Å². The van der Waals surface area contributed by atoms with Gasteiger partial charge in [0.2, 0.25) is 0 Å². The SMILES string of the molecule is c1ccc(-c2cncn2CCC2CCNCC2)cc1. The van der Waals surface area contributed by atoms with Gasteiger partial charge in [0.1, 0.15) is 0 Å². The number of nitrogens with one attached hydrogen (secondary N) is 1. The Morgan fingerprint density at radius 3 is 2.74 bits per heavy atom. The molecule has 0 saturated carbocycles. The summed E-state index contributed by atoms with van der Waals surface area (Å²) in [6, 6.07) is 10.5. The van der Waals surface area contributed by atoms with Crippen molar-refractivity contribution in [2.45, 2.75) is 25.8 Å². The Morgan fingerprint density at radius 2 is 1.95 bits per heavy atom. The zero-order valence-corrected chi connectivity index (χ0v) is 11.3. The molecule has 2 aromatic rings. The second-order valence-corrected chi connectivity index (χ2v) is 5.32. The third-order valence-electron chi connectivity index (χ3n) is 4.02. The lowest BCUT2D eigenvalue weighted by Crippen LogP contribution is -2.28. The molecule has 3 nitrogen and oxygen atoms in total. The first-order chi connectivity index (χ1) is 9.43. The predicted octanol–water partition coefficient (Wildman–Crippen LogP) is 2.94. The molecule has 0 unspecified atom stereocenters. The lowest BCUT2D eigenvalue weighted by molar-refractivity contribution is 0.338. The van der Waals surface area contributed by atoms with E-state index in [2.05, 4.69) is 45.2 Å². The molecule has 1 N–H and O–H groups in total. The lowest BCUT2D eigenvalue weighted by atomic mass is 9.95. The second kappa shape index (κ2) is 6.02. The molecule has 100 valence electrons. The molecule has 0 radical (unpaired) electrons. The maximum atomic E-state index is 4.31. The maximum absolute atomic E-state index is 4.31. The molecule has 2 heterocycles. The summed E-state index contributed by atoms with van der Waals surface area (Å²) >= 11 is 0. The smallest absolute Gasteiger partial charge is 0.0950 e. The van der Waals surface area contributed by atoms with Gasteiger partial charge < -0.3 is 9.88 Å². The van der Waals surface area contributed by atoms with Gasteiger partial charge in [-0.1, -0.05) is 30.3 Å². The minimum atomic E-state index is 0.868. The summed E-state index contributed by atoms with van der Waals surface area (Å²) in [5.74, 6) is 0.868. The van der Waals surface area contributed by atoms with Crippen molar-refractivity contribution in [3.8, 4) is 11.3 Å². The molecule has 0 aliphatic carbocycles. The zero-order valence-electron chi connectivity index (χ0n) is 11.3. The van der Waals surface area contributed by atoms with Gasteiger partial charge in [0.25, 0.3) is 0 Å². The number of piperidine rings is 1. The van der Waals surface area contributed by atoms with Gasteiger partial charge in [0.15, 0.2) is 0 Å². The van der Waals surface area contributed by atoms with Crippen molar-refractivity contribution in [3.05, 3.63) is 42.9 Å². The van der Waals surface area contributed by atoms with Gasteiger partial charge in [-0.3, -0.25) is 0 Å². The van der Waals surface area contributed by atoms with Crippen LogP contribution < -0.4 is 5.32 Å². The fourth-order valence-electron chi connectivity index (χ4n) is 2.84. The van der Waals surface area contributed by atoms with Crippen molar-refractivity contribution >= 4 is 0 Å². The second-order valence-electron chi connectivity index (χ2n) is 5.32. The Kier molecular flexibility index (Phi) is 3.94. The molecule has 1 aliphatic rings. The van der Waals surface area contributed by atoms with E-state index < -0.39 is 0 Å². The van der Waals surface area contributed by atoms with E-state index in [1.165, 1.54) is 43.6 Å². The molecule has 1 aliphatic heterocycles. The number of benzene rings is 1. The fraction of sp³-hybridized carbons (Fsp3) is 0.438. The van der Waals surface area contributed by atoms with Crippen LogP contribution in [0.25, 0.3) is 11.3 Å². The largest absolute Gasteiger partial charge is 0.331 e. The summed E-state index contributed by atoms with van der Waals surface area (Å²) in [6.07, 6.45) is 7.82. The van der Waals surface area contributed by atoms with Crippen LogP contribution >= 0.6 is 0 Å². The van der Waals surface area contributed by atoms with Crippen LogP contribution in [0.2, 0.25) is 0 Å². The monoisotopic (exact) mass is 255 g/mol. The molecule has 3 rings (SSSR count). The average Bonchev–Trinajstić information content (AvgIpc) is 2.95. The van der Waals surface area contributed by atoms with Crippen LogP contribution in [-0.2, 0) is 6.54 Å². The molecule has 19 heavy (non-hydrogen) atoms. The molecular weight excluding hydrogens is 234 g/mol. The van der Waals surface area contributed by atoms with Gasteiger partial charge in [0, 0.05) is 6.54 Å². The summed E-state index contributed by atoms with van der Waals surface area (Å²) < 4.78 is 2.29. The van der Waals surface area contributed by atoms with Gasteiger partial charge in [0.05, 0.1) is 18.2 Å². The highest BCUT2D eigenvalue weighted by molar-refractivity contribution is 5.58. The van der Waals surface area contributed by atoms with Crippen LogP contribution in [0.1, 0.15) is 19.3 Å². The number of rotatable bonds is 4. The zero-order chi connectivity index (χ0) is 12.9. The predicted molar refractivity (Wildman–Crippen MR) is 77.9 cm³/mol. The van der Waals surface area contributed by atoms with Crippen LogP contribution in [0.15, 0.2) is 42.9 Å². The first kappa shape index (κ1) is 12.4. The Bertz CT molecular complexity index is 498. The Balaban J connectivity index is 1.67. The topological polar surface area (TPSA) is 29.9 Å². The van der Waals surface area contributed by atoms with E-state index in [-0.39, 0.29) is 0 Å². The minimum Gasteiger partial charge on any atom is -0.331 e. The molecule has 1 aromatic carbocycles. The number of aryl methyl sites for hydroxylation is 1. The summed E-state index contributed by atoms with van der Waals surface area (Å²) in [5.41, 5.74) is 2.49. The Labute approximate surface area is 114 Å². The molecule has 0 amide bonds.